The first-order valence-electron chi connectivity index (χ1n) is 5.54. The average Bonchev–Trinajstić information content (AvgIpc) is 2.71. The Labute approximate surface area is 112 Å². The molecule has 0 atom stereocenters. The van der Waals surface area contributed by atoms with Crippen LogP contribution >= 0.6 is 11.8 Å². The summed E-state index contributed by atoms with van der Waals surface area (Å²) in [4.78, 5) is 10.6. The number of aryl methyl sites for hydroxylation is 1. The van der Waals surface area contributed by atoms with Crippen LogP contribution in [-0.4, -0.2) is 19.7 Å². The van der Waals surface area contributed by atoms with Gasteiger partial charge < -0.3 is 4.57 Å². The normalized spacial score (nSPS) is 10.7. The summed E-state index contributed by atoms with van der Waals surface area (Å²) in [6.45, 7) is 4.40. The molecule has 0 unspecified atom stereocenters. The van der Waals surface area contributed by atoms with Crippen LogP contribution < -0.4 is 0 Å². The number of hydrogen-bond donors (Lipinski definition) is 0. The average molecular weight is 282 g/mol. The molecule has 1 aromatic heterocycles. The van der Waals surface area contributed by atoms with E-state index in [1.165, 1.54) is 12.1 Å². The van der Waals surface area contributed by atoms with Crippen LogP contribution in [0.1, 0.15) is 12.7 Å². The van der Waals surface area contributed by atoms with Crippen molar-refractivity contribution < 1.29 is 9.31 Å². The Kier molecular flexibility index (Phi) is 3.79. The highest BCUT2D eigenvalue weighted by Gasteiger charge is 2.18. The van der Waals surface area contributed by atoms with Crippen LogP contribution in [0.3, 0.4) is 0 Å². The lowest BCUT2D eigenvalue weighted by molar-refractivity contribution is -0.387. The fraction of sp³-hybridized carbons (Fsp3) is 0.273. The maximum Gasteiger partial charge on any atom is 0.286 e. The molecule has 0 aliphatic heterocycles. The lowest BCUT2D eigenvalue weighted by Gasteiger charge is -2.05. The van der Waals surface area contributed by atoms with E-state index >= 15 is 0 Å². The van der Waals surface area contributed by atoms with Gasteiger partial charge in [-0.05, 0) is 37.7 Å². The van der Waals surface area contributed by atoms with Gasteiger partial charge in [-0.3, -0.25) is 10.1 Å². The van der Waals surface area contributed by atoms with Crippen molar-refractivity contribution >= 4 is 17.4 Å². The topological polar surface area (TPSA) is 73.8 Å². The molecule has 0 saturated carbocycles. The minimum Gasteiger partial charge on any atom is -0.306 e. The maximum atomic E-state index is 13.0. The van der Waals surface area contributed by atoms with Gasteiger partial charge in [-0.1, -0.05) is 0 Å². The summed E-state index contributed by atoms with van der Waals surface area (Å²) < 4.78 is 14.9. The van der Waals surface area contributed by atoms with Gasteiger partial charge in [0.2, 0.25) is 0 Å². The number of nitro groups is 1. The molecule has 1 heterocycles. The van der Waals surface area contributed by atoms with E-state index in [0.717, 1.165) is 23.7 Å². The van der Waals surface area contributed by atoms with Crippen LogP contribution in [0, 0.1) is 22.9 Å². The molecule has 0 aliphatic rings. The van der Waals surface area contributed by atoms with Crippen LogP contribution in [0.5, 0.6) is 0 Å². The largest absolute Gasteiger partial charge is 0.306 e. The van der Waals surface area contributed by atoms with E-state index in [1.54, 1.807) is 6.92 Å². The molecule has 6 nitrogen and oxygen atoms in total. The first-order valence-corrected chi connectivity index (χ1v) is 6.36. The fourth-order valence-corrected chi connectivity index (χ4v) is 2.64. The van der Waals surface area contributed by atoms with E-state index in [9.17, 15) is 14.5 Å². The quantitative estimate of drug-likeness (QED) is 0.636. The number of aromatic nitrogens is 3. The molecule has 100 valence electrons. The Morgan fingerprint density at radius 2 is 2.21 bits per heavy atom. The molecule has 0 radical (unpaired) electrons. The molecule has 0 bridgehead atoms. The second kappa shape index (κ2) is 5.35. The van der Waals surface area contributed by atoms with Crippen molar-refractivity contribution in [3.8, 4) is 0 Å². The summed E-state index contributed by atoms with van der Waals surface area (Å²) in [5, 5.41) is 19.3. The van der Waals surface area contributed by atoms with Gasteiger partial charge in [0.15, 0.2) is 5.16 Å². The smallest absolute Gasteiger partial charge is 0.286 e. The van der Waals surface area contributed by atoms with Gasteiger partial charge in [0.25, 0.3) is 5.69 Å². The van der Waals surface area contributed by atoms with Gasteiger partial charge in [0, 0.05) is 6.54 Å². The zero-order valence-electron chi connectivity index (χ0n) is 10.3. The number of hydrogen-bond acceptors (Lipinski definition) is 5. The molecule has 0 amide bonds. The first-order chi connectivity index (χ1) is 9.02. The summed E-state index contributed by atoms with van der Waals surface area (Å²) in [5.74, 6) is 0.0963. The third-order valence-electron chi connectivity index (χ3n) is 2.54. The summed E-state index contributed by atoms with van der Waals surface area (Å²) in [7, 11) is 0. The fourth-order valence-electron chi connectivity index (χ4n) is 1.62. The molecule has 0 aliphatic carbocycles. The highest BCUT2D eigenvalue weighted by atomic mass is 32.2. The maximum absolute atomic E-state index is 13.0. The minimum absolute atomic E-state index is 0.270. The number of nitro benzene ring substituents is 1. The van der Waals surface area contributed by atoms with Crippen LogP contribution in [0.15, 0.2) is 28.3 Å². The number of halogens is 1. The molecular formula is C11H11FN4O2S. The van der Waals surface area contributed by atoms with E-state index in [1.807, 2.05) is 11.5 Å². The van der Waals surface area contributed by atoms with E-state index in [-0.39, 0.29) is 5.69 Å². The number of nitrogens with zero attached hydrogens (tertiary/aromatic N) is 4. The molecule has 19 heavy (non-hydrogen) atoms. The van der Waals surface area contributed by atoms with Gasteiger partial charge >= 0.3 is 0 Å². The van der Waals surface area contributed by atoms with Crippen LogP contribution in [-0.2, 0) is 6.54 Å². The van der Waals surface area contributed by atoms with E-state index in [2.05, 4.69) is 10.2 Å². The van der Waals surface area contributed by atoms with Crippen molar-refractivity contribution in [2.45, 2.75) is 30.4 Å². The summed E-state index contributed by atoms with van der Waals surface area (Å²) in [5.41, 5.74) is -0.270. The van der Waals surface area contributed by atoms with Gasteiger partial charge in [-0.2, -0.15) is 0 Å². The molecule has 0 saturated heterocycles. The van der Waals surface area contributed by atoms with Crippen molar-refractivity contribution in [1.82, 2.24) is 14.8 Å². The molecule has 2 aromatic rings. The standard InChI is InChI=1S/C11H11FN4O2S/c1-3-15-7(2)13-14-11(15)19-10-5-4-8(12)6-9(10)16(17)18/h4-6H,3H2,1-2H3. The van der Waals surface area contributed by atoms with Gasteiger partial charge in [-0.15, -0.1) is 10.2 Å². The van der Waals surface area contributed by atoms with Crippen molar-refractivity contribution in [2.75, 3.05) is 0 Å². The van der Waals surface area contributed by atoms with Crippen LogP contribution in [0.25, 0.3) is 0 Å². The predicted octanol–water partition coefficient (Wildman–Crippen LogP) is 2.80. The van der Waals surface area contributed by atoms with Crippen molar-refractivity contribution in [3.63, 3.8) is 0 Å². The molecular weight excluding hydrogens is 271 g/mol. The monoisotopic (exact) mass is 282 g/mol. The van der Waals surface area contributed by atoms with Crippen molar-refractivity contribution in [1.29, 1.82) is 0 Å². The molecule has 0 N–H and O–H groups in total. The van der Waals surface area contributed by atoms with Gasteiger partial charge in [0.1, 0.15) is 11.6 Å². The van der Waals surface area contributed by atoms with Crippen LogP contribution in [0.2, 0.25) is 0 Å². The zero-order valence-corrected chi connectivity index (χ0v) is 11.1. The van der Waals surface area contributed by atoms with Gasteiger partial charge in [0.05, 0.1) is 15.9 Å². The Morgan fingerprint density at radius 3 is 2.84 bits per heavy atom. The minimum atomic E-state index is -0.635. The summed E-state index contributed by atoms with van der Waals surface area (Å²) >= 11 is 1.10. The second-order valence-electron chi connectivity index (χ2n) is 3.75. The summed E-state index contributed by atoms with van der Waals surface area (Å²) in [6, 6.07) is 3.47. The highest BCUT2D eigenvalue weighted by Crippen LogP contribution is 2.34. The highest BCUT2D eigenvalue weighted by molar-refractivity contribution is 7.99. The predicted molar refractivity (Wildman–Crippen MR) is 67.6 cm³/mol. The molecule has 0 spiro atoms. The Balaban J connectivity index is 2.40. The third-order valence-corrected chi connectivity index (χ3v) is 3.59. The van der Waals surface area contributed by atoms with Crippen molar-refractivity contribution in [2.24, 2.45) is 0 Å². The summed E-state index contributed by atoms with van der Waals surface area (Å²) in [6.07, 6.45) is 0. The Hall–Kier alpha value is -1.96. The Morgan fingerprint density at radius 1 is 1.47 bits per heavy atom. The number of rotatable bonds is 4. The lowest BCUT2D eigenvalue weighted by Crippen LogP contribution is -1.99. The van der Waals surface area contributed by atoms with E-state index in [0.29, 0.717) is 16.6 Å². The zero-order chi connectivity index (χ0) is 14.0. The van der Waals surface area contributed by atoms with Crippen molar-refractivity contribution in [3.05, 3.63) is 40.0 Å². The van der Waals surface area contributed by atoms with Gasteiger partial charge in [-0.25, -0.2) is 4.39 Å². The third kappa shape index (κ3) is 2.73. The molecule has 8 heteroatoms. The Bertz CT molecular complexity index is 629. The van der Waals surface area contributed by atoms with E-state index in [4.69, 9.17) is 0 Å². The molecule has 2 rings (SSSR count). The lowest BCUT2D eigenvalue weighted by atomic mass is 10.3. The molecule has 0 fully saturated rings. The second-order valence-corrected chi connectivity index (χ2v) is 4.75. The SMILES string of the molecule is CCn1c(C)nnc1Sc1ccc(F)cc1[N+](=O)[O-]. The first kappa shape index (κ1) is 13.5. The number of benzene rings is 1. The van der Waals surface area contributed by atoms with Crippen LogP contribution in [0.4, 0.5) is 10.1 Å². The van der Waals surface area contributed by atoms with E-state index < -0.39 is 10.7 Å². The molecule has 1 aromatic carbocycles.